The molecule has 0 saturated carbocycles. The third-order valence-corrected chi connectivity index (χ3v) is 5.59. The molecule has 1 aromatic heterocycles. The van der Waals surface area contributed by atoms with Crippen molar-refractivity contribution in [1.82, 2.24) is 14.9 Å². The van der Waals surface area contributed by atoms with Gasteiger partial charge in [-0.2, -0.15) is 0 Å². The minimum Gasteiger partial charge on any atom is -0.306 e. The summed E-state index contributed by atoms with van der Waals surface area (Å²) in [5.41, 5.74) is 4.98. The van der Waals surface area contributed by atoms with E-state index in [9.17, 15) is 0 Å². The van der Waals surface area contributed by atoms with Crippen molar-refractivity contribution >= 4 is 15.9 Å². The minimum absolute atomic E-state index is 0.403. The molecule has 1 N–H and O–H groups in total. The topological polar surface area (TPSA) is 29.9 Å². The van der Waals surface area contributed by atoms with Gasteiger partial charge in [-0.05, 0) is 63.3 Å². The monoisotopic (exact) mass is 347 g/mol. The van der Waals surface area contributed by atoms with Crippen LogP contribution in [0.2, 0.25) is 0 Å². The molecule has 1 fully saturated rings. The maximum atomic E-state index is 4.39. The van der Waals surface area contributed by atoms with Gasteiger partial charge in [-0.3, -0.25) is 0 Å². The second-order valence-electron chi connectivity index (χ2n) is 6.13. The van der Waals surface area contributed by atoms with Crippen molar-refractivity contribution in [3.05, 3.63) is 46.0 Å². The Morgan fingerprint density at radius 3 is 2.62 bits per heavy atom. The van der Waals surface area contributed by atoms with Crippen molar-refractivity contribution in [2.75, 3.05) is 0 Å². The number of piperidine rings is 1. The Kier molecular flexibility index (Phi) is 4.18. The summed E-state index contributed by atoms with van der Waals surface area (Å²) in [7, 11) is 0. The average Bonchev–Trinajstić information content (AvgIpc) is 2.93. The quantitative estimate of drug-likeness (QED) is 0.869. The van der Waals surface area contributed by atoms with Crippen molar-refractivity contribution < 1.29 is 0 Å². The molecule has 0 radical (unpaired) electrons. The zero-order valence-electron chi connectivity index (χ0n) is 12.9. The number of aryl methyl sites for hydroxylation is 2. The number of aromatic nitrogens is 2. The smallest absolute Gasteiger partial charge is 0.0994 e. The maximum absolute atomic E-state index is 4.39. The van der Waals surface area contributed by atoms with Crippen molar-refractivity contribution in [2.45, 2.75) is 52.1 Å². The van der Waals surface area contributed by atoms with E-state index in [1.165, 1.54) is 46.2 Å². The van der Waals surface area contributed by atoms with Crippen LogP contribution in [0.5, 0.6) is 0 Å². The highest BCUT2D eigenvalue weighted by atomic mass is 79.9. The Hall–Kier alpha value is -1.13. The van der Waals surface area contributed by atoms with E-state index in [2.05, 4.69) is 63.7 Å². The Bertz CT molecular complexity index is 624. The molecule has 1 aliphatic heterocycles. The lowest BCUT2D eigenvalue weighted by molar-refractivity contribution is 0.334. The first-order chi connectivity index (χ1) is 10.1. The van der Waals surface area contributed by atoms with Crippen LogP contribution < -0.4 is 5.32 Å². The molecule has 0 aliphatic carbocycles. The molecule has 2 atom stereocenters. The van der Waals surface area contributed by atoms with Gasteiger partial charge in [0, 0.05) is 22.2 Å². The second kappa shape index (κ2) is 5.93. The predicted octanol–water partition coefficient (Wildman–Crippen LogP) is 4.45. The molecule has 1 aromatic carbocycles. The Morgan fingerprint density at radius 2 is 1.95 bits per heavy atom. The number of nitrogens with one attached hydrogen (secondary N) is 1. The van der Waals surface area contributed by atoms with Gasteiger partial charge in [-0.1, -0.05) is 15.9 Å². The van der Waals surface area contributed by atoms with E-state index >= 15 is 0 Å². The van der Waals surface area contributed by atoms with Crippen LogP contribution in [-0.2, 0) is 0 Å². The molecule has 1 saturated heterocycles. The molecule has 2 aromatic rings. The molecule has 0 bridgehead atoms. The zero-order chi connectivity index (χ0) is 15.0. The van der Waals surface area contributed by atoms with Crippen LogP contribution in [0.25, 0.3) is 5.69 Å². The largest absolute Gasteiger partial charge is 0.306 e. The first-order valence-corrected chi connectivity index (χ1v) is 8.41. The summed E-state index contributed by atoms with van der Waals surface area (Å²) in [6, 6.07) is 5.42. The Balaban J connectivity index is 1.99. The van der Waals surface area contributed by atoms with Crippen LogP contribution in [0.15, 0.2) is 29.1 Å². The maximum Gasteiger partial charge on any atom is 0.0994 e. The zero-order valence-corrected chi connectivity index (χ0v) is 14.4. The number of hydrogen-bond acceptors (Lipinski definition) is 2. The highest BCUT2D eigenvalue weighted by molar-refractivity contribution is 9.10. The van der Waals surface area contributed by atoms with Gasteiger partial charge in [0.15, 0.2) is 0 Å². The van der Waals surface area contributed by atoms with Crippen LogP contribution in [0, 0.1) is 13.8 Å². The summed E-state index contributed by atoms with van der Waals surface area (Å²) >= 11 is 3.64. The van der Waals surface area contributed by atoms with Gasteiger partial charge in [-0.15, -0.1) is 0 Å². The summed E-state index contributed by atoms with van der Waals surface area (Å²) in [6.07, 6.45) is 7.66. The molecule has 4 heteroatoms. The normalized spacial score (nSPS) is 22.5. The van der Waals surface area contributed by atoms with Crippen LogP contribution in [0.3, 0.4) is 0 Å². The summed E-state index contributed by atoms with van der Waals surface area (Å²) < 4.78 is 3.42. The molecule has 3 rings (SSSR count). The van der Waals surface area contributed by atoms with E-state index in [1.54, 1.807) is 0 Å². The molecule has 112 valence electrons. The molecular weight excluding hydrogens is 326 g/mol. The van der Waals surface area contributed by atoms with E-state index in [-0.39, 0.29) is 0 Å². The van der Waals surface area contributed by atoms with Gasteiger partial charge in [0.1, 0.15) is 0 Å². The summed E-state index contributed by atoms with van der Waals surface area (Å²) in [5, 5.41) is 3.70. The number of rotatable bonds is 2. The fourth-order valence-electron chi connectivity index (χ4n) is 3.21. The van der Waals surface area contributed by atoms with Crippen molar-refractivity contribution in [2.24, 2.45) is 0 Å². The van der Waals surface area contributed by atoms with Crippen LogP contribution >= 0.6 is 15.9 Å². The first kappa shape index (κ1) is 14.8. The van der Waals surface area contributed by atoms with E-state index < -0.39 is 0 Å². The SMILES string of the molecule is Cc1cc(-n2cncc2C2CCCC(C)N2)cc(C)c1Br. The summed E-state index contributed by atoms with van der Waals surface area (Å²) in [4.78, 5) is 4.39. The molecule has 21 heavy (non-hydrogen) atoms. The van der Waals surface area contributed by atoms with Gasteiger partial charge >= 0.3 is 0 Å². The standard InChI is InChI=1S/C17H22BrN3/c1-11-7-14(8-12(2)17(11)18)21-10-19-9-16(21)15-6-4-5-13(3)20-15/h7-10,13,15,20H,4-6H2,1-3H3. The lowest BCUT2D eigenvalue weighted by Gasteiger charge is -2.29. The van der Waals surface area contributed by atoms with E-state index in [1.807, 2.05) is 12.5 Å². The predicted molar refractivity (Wildman–Crippen MR) is 89.9 cm³/mol. The number of imidazole rings is 1. The average molecular weight is 348 g/mol. The lowest BCUT2D eigenvalue weighted by Crippen LogP contribution is -2.35. The lowest BCUT2D eigenvalue weighted by atomic mass is 9.97. The summed E-state index contributed by atoms with van der Waals surface area (Å²) in [5.74, 6) is 0. The van der Waals surface area contributed by atoms with Crippen LogP contribution in [0.1, 0.15) is 49.0 Å². The van der Waals surface area contributed by atoms with Gasteiger partial charge in [-0.25, -0.2) is 4.98 Å². The molecule has 1 aliphatic rings. The number of hydrogen-bond donors (Lipinski definition) is 1. The Labute approximate surface area is 134 Å². The molecule has 2 unspecified atom stereocenters. The van der Waals surface area contributed by atoms with Gasteiger partial charge in [0.2, 0.25) is 0 Å². The van der Waals surface area contributed by atoms with Gasteiger partial charge in [0.05, 0.1) is 18.2 Å². The second-order valence-corrected chi connectivity index (χ2v) is 6.93. The van der Waals surface area contributed by atoms with Crippen LogP contribution in [0.4, 0.5) is 0 Å². The third kappa shape index (κ3) is 2.92. The highest BCUT2D eigenvalue weighted by Crippen LogP contribution is 2.29. The van der Waals surface area contributed by atoms with E-state index in [4.69, 9.17) is 0 Å². The molecule has 0 amide bonds. The molecular formula is C17H22BrN3. The van der Waals surface area contributed by atoms with Crippen LogP contribution in [-0.4, -0.2) is 15.6 Å². The number of halogens is 1. The molecule has 3 nitrogen and oxygen atoms in total. The number of nitrogens with zero attached hydrogens (tertiary/aromatic N) is 2. The minimum atomic E-state index is 0.403. The Morgan fingerprint density at radius 1 is 1.24 bits per heavy atom. The van der Waals surface area contributed by atoms with Crippen molar-refractivity contribution in [1.29, 1.82) is 0 Å². The number of benzene rings is 1. The fourth-order valence-corrected chi connectivity index (χ4v) is 3.44. The first-order valence-electron chi connectivity index (χ1n) is 7.61. The van der Waals surface area contributed by atoms with Crippen molar-refractivity contribution in [3.63, 3.8) is 0 Å². The van der Waals surface area contributed by atoms with E-state index in [0.717, 1.165) is 0 Å². The molecule has 0 spiro atoms. The fraction of sp³-hybridized carbons (Fsp3) is 0.471. The van der Waals surface area contributed by atoms with E-state index in [0.29, 0.717) is 12.1 Å². The van der Waals surface area contributed by atoms with Gasteiger partial charge in [0.25, 0.3) is 0 Å². The molecule has 2 heterocycles. The highest BCUT2D eigenvalue weighted by Gasteiger charge is 2.22. The third-order valence-electron chi connectivity index (χ3n) is 4.34. The van der Waals surface area contributed by atoms with Gasteiger partial charge < -0.3 is 9.88 Å². The van der Waals surface area contributed by atoms with Crippen molar-refractivity contribution in [3.8, 4) is 5.69 Å². The summed E-state index contributed by atoms with van der Waals surface area (Å²) in [6.45, 7) is 6.54.